The molecule has 0 radical (unpaired) electrons. The van der Waals surface area contributed by atoms with Crippen LogP contribution in [0, 0.1) is 24.7 Å². The number of hydrogen-bond acceptors (Lipinski definition) is 7. The molecule has 2 atom stereocenters. The molecule has 1 aliphatic heterocycles. The van der Waals surface area contributed by atoms with Crippen LogP contribution in [-0.2, 0) is 30.8 Å². The molecule has 11 heteroatoms. The van der Waals surface area contributed by atoms with E-state index in [2.05, 4.69) is 5.32 Å². The quantitative estimate of drug-likeness (QED) is 0.195. The van der Waals surface area contributed by atoms with Crippen molar-refractivity contribution in [2.75, 3.05) is 19.6 Å². The highest BCUT2D eigenvalue weighted by Gasteiger charge is 2.42. The lowest BCUT2D eigenvalue weighted by molar-refractivity contribution is -0.159. The summed E-state index contributed by atoms with van der Waals surface area (Å²) in [6.45, 7) is 5.05. The number of hydrazine groups is 1. The Morgan fingerprint density at radius 2 is 1.67 bits per heavy atom. The molecule has 0 aliphatic carbocycles. The number of nitrogens with zero attached hydrogens (tertiary/aromatic N) is 2. The zero-order valence-electron chi connectivity index (χ0n) is 22.7. The fourth-order valence-electron chi connectivity index (χ4n) is 4.94. The van der Waals surface area contributed by atoms with Gasteiger partial charge >= 0.3 is 0 Å². The van der Waals surface area contributed by atoms with Gasteiger partial charge in [-0.3, -0.25) is 24.9 Å². The van der Waals surface area contributed by atoms with E-state index >= 15 is 0 Å². The largest absolute Gasteiger partial charge is 0.300 e. The van der Waals surface area contributed by atoms with Crippen LogP contribution >= 0.6 is 0 Å². The maximum atomic E-state index is 13.9. The monoisotopic (exact) mass is 558 g/mol. The van der Waals surface area contributed by atoms with Crippen molar-refractivity contribution in [3.05, 3.63) is 65.7 Å². The minimum absolute atomic E-state index is 0.0662. The number of hydrogen-bond donors (Lipinski definition) is 3. The van der Waals surface area contributed by atoms with E-state index < -0.39 is 39.6 Å². The van der Waals surface area contributed by atoms with Crippen molar-refractivity contribution in [1.82, 2.24) is 20.2 Å². The van der Waals surface area contributed by atoms with Crippen molar-refractivity contribution in [2.24, 2.45) is 17.8 Å². The molecule has 39 heavy (non-hydrogen) atoms. The number of sulfonamides is 1. The third-order valence-electron chi connectivity index (χ3n) is 6.85. The molecule has 3 amide bonds. The average Bonchev–Trinajstić information content (AvgIpc) is 2.90. The van der Waals surface area contributed by atoms with Gasteiger partial charge in [-0.1, -0.05) is 66.3 Å². The fraction of sp³-hybridized carbons (Fsp3) is 0.464. The molecule has 2 aromatic carbocycles. The van der Waals surface area contributed by atoms with Gasteiger partial charge in [0.25, 0.3) is 21.8 Å². The minimum atomic E-state index is -4.35. The predicted octanol–water partition coefficient (Wildman–Crippen LogP) is 2.67. The molecule has 212 valence electrons. The fourth-order valence-corrected chi connectivity index (χ4v) is 6.45. The standard InChI is InChI=1S/C28H38N4O6S/c1-20(2)16-23(25(28(35)30-36)11-7-10-22-8-5-4-6-9-22)19-31(32-26(33)17-29-18-27(32)34)39(37,38)24-14-12-21(3)13-15-24/h4-6,8-9,12-15,20,23,25,29,36H,7,10-11,16-19H2,1-3H3,(H,30,35)/t23-,25-/m0/s1. The second-order valence-corrected chi connectivity index (χ2v) is 12.2. The number of rotatable bonds is 13. The lowest BCUT2D eigenvalue weighted by Crippen LogP contribution is -2.61. The van der Waals surface area contributed by atoms with Gasteiger partial charge in [0.1, 0.15) is 0 Å². The SMILES string of the molecule is Cc1ccc(S(=O)(=O)N(C[C@H](CC(C)C)[C@H](CCCc2ccccc2)C(=O)NO)N2C(=O)CNCC2=O)cc1. The first kappa shape index (κ1) is 30.4. The Morgan fingerprint density at radius 3 is 2.23 bits per heavy atom. The third-order valence-corrected chi connectivity index (χ3v) is 8.58. The van der Waals surface area contributed by atoms with Gasteiger partial charge in [-0.15, -0.1) is 0 Å². The Labute approximate surface area is 230 Å². The summed E-state index contributed by atoms with van der Waals surface area (Å²) < 4.78 is 28.7. The van der Waals surface area contributed by atoms with Crippen molar-refractivity contribution in [3.8, 4) is 0 Å². The number of nitrogens with one attached hydrogen (secondary N) is 2. The van der Waals surface area contributed by atoms with Gasteiger partial charge in [-0.25, -0.2) is 13.9 Å². The van der Waals surface area contributed by atoms with E-state index in [9.17, 15) is 28.0 Å². The maximum Gasteiger partial charge on any atom is 0.260 e. The summed E-state index contributed by atoms with van der Waals surface area (Å²) in [5.41, 5.74) is 3.70. The number of piperazine rings is 1. The highest BCUT2D eigenvalue weighted by atomic mass is 32.2. The molecule has 1 fully saturated rings. The van der Waals surface area contributed by atoms with Gasteiger partial charge in [0.15, 0.2) is 0 Å². The first-order valence-corrected chi connectivity index (χ1v) is 14.6. The lowest BCUT2D eigenvalue weighted by Gasteiger charge is -2.38. The van der Waals surface area contributed by atoms with E-state index in [1.165, 1.54) is 12.1 Å². The van der Waals surface area contributed by atoms with Gasteiger partial charge in [0.2, 0.25) is 5.91 Å². The second kappa shape index (κ2) is 13.8. The van der Waals surface area contributed by atoms with Crippen molar-refractivity contribution in [3.63, 3.8) is 0 Å². The first-order chi connectivity index (χ1) is 18.5. The molecular weight excluding hydrogens is 520 g/mol. The predicted molar refractivity (Wildman–Crippen MR) is 146 cm³/mol. The van der Waals surface area contributed by atoms with Crippen LogP contribution in [0.5, 0.6) is 0 Å². The number of aryl methyl sites for hydroxylation is 2. The number of carbonyl (C=O) groups is 3. The number of hydroxylamine groups is 1. The lowest BCUT2D eigenvalue weighted by atomic mass is 9.81. The summed E-state index contributed by atoms with van der Waals surface area (Å²) in [5.74, 6) is -3.31. The Hall–Kier alpha value is -3.12. The number of imide groups is 1. The van der Waals surface area contributed by atoms with Crippen LogP contribution in [0.3, 0.4) is 0 Å². The van der Waals surface area contributed by atoms with E-state index in [0.717, 1.165) is 15.5 Å². The summed E-state index contributed by atoms with van der Waals surface area (Å²) in [7, 11) is -4.35. The molecule has 10 nitrogen and oxygen atoms in total. The zero-order chi connectivity index (χ0) is 28.6. The van der Waals surface area contributed by atoms with E-state index in [4.69, 9.17) is 0 Å². The first-order valence-electron chi connectivity index (χ1n) is 13.2. The van der Waals surface area contributed by atoms with Crippen molar-refractivity contribution >= 4 is 27.7 Å². The summed E-state index contributed by atoms with van der Waals surface area (Å²) in [6, 6.07) is 15.9. The van der Waals surface area contributed by atoms with E-state index in [1.54, 1.807) is 17.6 Å². The summed E-state index contributed by atoms with van der Waals surface area (Å²) in [5, 5.41) is 13.0. The molecule has 3 rings (SSSR count). The number of amides is 3. The van der Waals surface area contributed by atoms with Crippen LogP contribution in [0.2, 0.25) is 0 Å². The van der Waals surface area contributed by atoms with Crippen molar-refractivity contribution in [2.45, 2.75) is 51.3 Å². The van der Waals surface area contributed by atoms with Crippen LogP contribution in [-0.4, -0.2) is 60.4 Å². The molecule has 1 saturated heterocycles. The van der Waals surface area contributed by atoms with Crippen LogP contribution < -0.4 is 10.8 Å². The van der Waals surface area contributed by atoms with Crippen LogP contribution in [0.1, 0.15) is 44.2 Å². The molecule has 3 N–H and O–H groups in total. The molecular formula is C28H38N4O6S. The summed E-state index contributed by atoms with van der Waals surface area (Å²) in [6.07, 6.45) is 2.12. The van der Waals surface area contributed by atoms with Gasteiger partial charge in [0, 0.05) is 12.5 Å². The topological polar surface area (TPSA) is 136 Å². The summed E-state index contributed by atoms with van der Waals surface area (Å²) >= 11 is 0. The van der Waals surface area contributed by atoms with Crippen LogP contribution in [0.25, 0.3) is 0 Å². The smallest absolute Gasteiger partial charge is 0.260 e. The second-order valence-electron chi connectivity index (χ2n) is 10.4. The molecule has 0 saturated carbocycles. The van der Waals surface area contributed by atoms with Gasteiger partial charge in [-0.05, 0) is 62.1 Å². The molecule has 0 aromatic heterocycles. The van der Waals surface area contributed by atoms with Gasteiger partial charge in [-0.2, -0.15) is 5.01 Å². The Bertz CT molecular complexity index is 1220. The van der Waals surface area contributed by atoms with Gasteiger partial charge in [0.05, 0.1) is 18.0 Å². The maximum absolute atomic E-state index is 13.9. The minimum Gasteiger partial charge on any atom is -0.300 e. The van der Waals surface area contributed by atoms with E-state index in [0.29, 0.717) is 30.7 Å². The van der Waals surface area contributed by atoms with Crippen molar-refractivity contribution < 1.29 is 28.0 Å². The molecule has 2 aromatic rings. The Morgan fingerprint density at radius 1 is 1.05 bits per heavy atom. The van der Waals surface area contributed by atoms with Crippen LogP contribution in [0.15, 0.2) is 59.5 Å². The van der Waals surface area contributed by atoms with E-state index in [-0.39, 0.29) is 30.4 Å². The zero-order valence-corrected chi connectivity index (χ0v) is 23.5. The van der Waals surface area contributed by atoms with E-state index in [1.807, 2.05) is 51.1 Å². The third kappa shape index (κ3) is 7.95. The summed E-state index contributed by atoms with van der Waals surface area (Å²) in [4.78, 5) is 38.6. The van der Waals surface area contributed by atoms with Gasteiger partial charge < -0.3 is 0 Å². The normalized spacial score (nSPS) is 16.0. The molecule has 1 heterocycles. The molecule has 1 aliphatic rings. The van der Waals surface area contributed by atoms with Crippen LogP contribution in [0.4, 0.5) is 0 Å². The molecule has 0 spiro atoms. The molecule has 0 bridgehead atoms. The highest BCUT2D eigenvalue weighted by molar-refractivity contribution is 7.89. The number of benzene rings is 2. The molecule has 0 unspecified atom stereocenters. The number of carbonyl (C=O) groups excluding carboxylic acids is 3. The Balaban J connectivity index is 1.99. The average molecular weight is 559 g/mol. The van der Waals surface area contributed by atoms with Crippen molar-refractivity contribution in [1.29, 1.82) is 0 Å². The highest BCUT2D eigenvalue weighted by Crippen LogP contribution is 2.30. The Kier molecular flexibility index (Phi) is 10.8.